The van der Waals surface area contributed by atoms with Gasteiger partial charge >= 0.3 is 5.97 Å². The van der Waals surface area contributed by atoms with Gasteiger partial charge in [0.05, 0.1) is 0 Å². The molecule has 2 rings (SSSR count). The van der Waals surface area contributed by atoms with Crippen LogP contribution < -0.4 is 5.32 Å². The molecule has 2 aromatic rings. The first-order valence-electron chi connectivity index (χ1n) is 6.94. The lowest BCUT2D eigenvalue weighted by Gasteiger charge is -2.19. The summed E-state index contributed by atoms with van der Waals surface area (Å²) in [5, 5.41) is 12.2. The Bertz CT molecular complexity index is 587. The molecule has 0 saturated carbocycles. The maximum absolute atomic E-state index is 10.8. The van der Waals surface area contributed by atoms with E-state index in [0.29, 0.717) is 6.42 Å². The van der Waals surface area contributed by atoms with Gasteiger partial charge in [0.15, 0.2) is 0 Å². The summed E-state index contributed by atoms with van der Waals surface area (Å²) in [5.74, 6) is -0.0532. The number of carboxylic acid groups (broad SMARTS) is 1. The Morgan fingerprint density at radius 3 is 2.71 bits per heavy atom. The molecule has 0 aliphatic heterocycles. The first-order valence-corrected chi connectivity index (χ1v) is 6.94. The number of carbonyl (C=O) groups is 1. The number of aliphatic carboxylic acids is 1. The van der Waals surface area contributed by atoms with Crippen molar-refractivity contribution in [2.75, 3.05) is 5.32 Å². The van der Waals surface area contributed by atoms with Crippen molar-refractivity contribution in [3.63, 3.8) is 0 Å². The number of aryl methyl sites for hydroxylation is 1. The topological polar surface area (TPSA) is 75.1 Å². The van der Waals surface area contributed by atoms with E-state index in [9.17, 15) is 4.79 Å². The van der Waals surface area contributed by atoms with Gasteiger partial charge in [-0.15, -0.1) is 0 Å². The molecule has 0 saturated heterocycles. The van der Waals surface area contributed by atoms with Crippen LogP contribution >= 0.6 is 0 Å². The third-order valence-electron chi connectivity index (χ3n) is 3.19. The molecule has 0 aliphatic carbocycles. The highest BCUT2D eigenvalue weighted by atomic mass is 16.4. The summed E-state index contributed by atoms with van der Waals surface area (Å²) in [7, 11) is 0. The molecule has 5 nitrogen and oxygen atoms in total. The first kappa shape index (κ1) is 15.0. The van der Waals surface area contributed by atoms with Crippen LogP contribution in [0.15, 0.2) is 42.7 Å². The Labute approximate surface area is 124 Å². The highest BCUT2D eigenvalue weighted by Crippen LogP contribution is 2.13. The zero-order valence-electron chi connectivity index (χ0n) is 12.0. The summed E-state index contributed by atoms with van der Waals surface area (Å²) < 4.78 is 0. The molecule has 0 aliphatic rings. The minimum atomic E-state index is -0.784. The van der Waals surface area contributed by atoms with Gasteiger partial charge in [-0.1, -0.05) is 30.3 Å². The van der Waals surface area contributed by atoms with E-state index in [0.717, 1.165) is 17.9 Å². The SMILES string of the molecule is Cc1cc(NC(CCC(=O)O)Cc2ccccc2)ncn1. The summed E-state index contributed by atoms with van der Waals surface area (Å²) in [6, 6.07) is 11.9. The van der Waals surface area contributed by atoms with Crippen LogP contribution in [0.1, 0.15) is 24.1 Å². The molecule has 21 heavy (non-hydrogen) atoms. The Balaban J connectivity index is 2.06. The van der Waals surface area contributed by atoms with Gasteiger partial charge in [-0.3, -0.25) is 4.79 Å². The van der Waals surface area contributed by atoms with Crippen LogP contribution in [0.3, 0.4) is 0 Å². The van der Waals surface area contributed by atoms with Gasteiger partial charge < -0.3 is 10.4 Å². The van der Waals surface area contributed by atoms with E-state index < -0.39 is 5.97 Å². The fraction of sp³-hybridized carbons (Fsp3) is 0.312. The van der Waals surface area contributed by atoms with E-state index in [1.807, 2.05) is 43.3 Å². The minimum Gasteiger partial charge on any atom is -0.481 e. The second-order valence-corrected chi connectivity index (χ2v) is 5.01. The summed E-state index contributed by atoms with van der Waals surface area (Å²) in [4.78, 5) is 19.0. The monoisotopic (exact) mass is 285 g/mol. The molecule has 1 aromatic carbocycles. The van der Waals surface area contributed by atoms with Crippen LogP contribution in [0.2, 0.25) is 0 Å². The first-order chi connectivity index (χ1) is 10.1. The lowest BCUT2D eigenvalue weighted by Crippen LogP contribution is -2.24. The molecular weight excluding hydrogens is 266 g/mol. The number of nitrogens with zero attached hydrogens (tertiary/aromatic N) is 2. The molecular formula is C16H19N3O2. The predicted octanol–water partition coefficient (Wildman–Crippen LogP) is 2.67. The van der Waals surface area contributed by atoms with Crippen molar-refractivity contribution in [3.8, 4) is 0 Å². The van der Waals surface area contributed by atoms with Gasteiger partial charge in [-0.2, -0.15) is 0 Å². The molecule has 1 heterocycles. The van der Waals surface area contributed by atoms with E-state index >= 15 is 0 Å². The van der Waals surface area contributed by atoms with Crippen molar-refractivity contribution in [1.29, 1.82) is 0 Å². The number of aromatic nitrogens is 2. The number of hydrogen-bond acceptors (Lipinski definition) is 4. The van der Waals surface area contributed by atoms with E-state index in [2.05, 4.69) is 15.3 Å². The maximum atomic E-state index is 10.8. The molecule has 0 radical (unpaired) electrons. The van der Waals surface area contributed by atoms with E-state index in [4.69, 9.17) is 5.11 Å². The van der Waals surface area contributed by atoms with E-state index in [1.165, 1.54) is 11.9 Å². The maximum Gasteiger partial charge on any atom is 0.303 e. The van der Waals surface area contributed by atoms with Crippen LogP contribution in [0, 0.1) is 6.92 Å². The number of nitrogens with one attached hydrogen (secondary N) is 1. The van der Waals surface area contributed by atoms with Crippen molar-refractivity contribution >= 4 is 11.8 Å². The molecule has 0 spiro atoms. The second kappa shape index (κ2) is 7.38. The van der Waals surface area contributed by atoms with E-state index in [-0.39, 0.29) is 12.5 Å². The van der Waals surface area contributed by atoms with Crippen molar-refractivity contribution < 1.29 is 9.90 Å². The van der Waals surface area contributed by atoms with Crippen LogP contribution in [0.4, 0.5) is 5.82 Å². The Hall–Kier alpha value is -2.43. The lowest BCUT2D eigenvalue weighted by molar-refractivity contribution is -0.137. The normalized spacial score (nSPS) is 11.9. The van der Waals surface area contributed by atoms with Crippen LogP contribution in [0.5, 0.6) is 0 Å². The van der Waals surface area contributed by atoms with Crippen LogP contribution in [-0.2, 0) is 11.2 Å². The van der Waals surface area contributed by atoms with Crippen LogP contribution in [0.25, 0.3) is 0 Å². The van der Waals surface area contributed by atoms with Gasteiger partial charge in [-0.05, 0) is 25.3 Å². The number of carboxylic acids is 1. The molecule has 1 unspecified atom stereocenters. The number of anilines is 1. The number of hydrogen-bond donors (Lipinski definition) is 2. The van der Waals surface area contributed by atoms with Crippen LogP contribution in [-0.4, -0.2) is 27.1 Å². The quantitative estimate of drug-likeness (QED) is 0.818. The Morgan fingerprint density at radius 2 is 2.05 bits per heavy atom. The van der Waals surface area contributed by atoms with Gasteiger partial charge in [0.1, 0.15) is 12.1 Å². The number of rotatable bonds is 7. The zero-order chi connectivity index (χ0) is 15.1. The molecule has 110 valence electrons. The highest BCUT2D eigenvalue weighted by Gasteiger charge is 2.12. The Kier molecular flexibility index (Phi) is 5.26. The third kappa shape index (κ3) is 5.22. The van der Waals surface area contributed by atoms with Gasteiger partial charge in [0.2, 0.25) is 0 Å². The molecule has 1 aromatic heterocycles. The minimum absolute atomic E-state index is 0.0257. The zero-order valence-corrected chi connectivity index (χ0v) is 12.0. The largest absolute Gasteiger partial charge is 0.481 e. The second-order valence-electron chi connectivity index (χ2n) is 5.01. The lowest BCUT2D eigenvalue weighted by atomic mass is 10.0. The molecule has 0 amide bonds. The van der Waals surface area contributed by atoms with E-state index in [1.54, 1.807) is 0 Å². The van der Waals surface area contributed by atoms with Crippen molar-refractivity contribution in [2.24, 2.45) is 0 Å². The molecule has 5 heteroatoms. The standard InChI is InChI=1S/C16H19N3O2/c1-12-9-15(18-11-17-12)19-14(7-8-16(20)21)10-13-5-3-2-4-6-13/h2-6,9,11,14H,7-8,10H2,1H3,(H,20,21)(H,17,18,19). The van der Waals surface area contributed by atoms with Gasteiger partial charge in [0, 0.05) is 24.2 Å². The molecule has 1 atom stereocenters. The smallest absolute Gasteiger partial charge is 0.303 e. The fourth-order valence-corrected chi connectivity index (χ4v) is 2.16. The molecule has 0 bridgehead atoms. The molecule has 2 N–H and O–H groups in total. The summed E-state index contributed by atoms with van der Waals surface area (Å²) in [6.45, 7) is 1.90. The highest BCUT2D eigenvalue weighted by molar-refractivity contribution is 5.66. The summed E-state index contributed by atoms with van der Waals surface area (Å²) in [5.41, 5.74) is 2.05. The Morgan fingerprint density at radius 1 is 1.29 bits per heavy atom. The van der Waals surface area contributed by atoms with Gasteiger partial charge in [0.25, 0.3) is 0 Å². The third-order valence-corrected chi connectivity index (χ3v) is 3.19. The van der Waals surface area contributed by atoms with Crippen molar-refractivity contribution in [3.05, 3.63) is 54.0 Å². The summed E-state index contributed by atoms with van der Waals surface area (Å²) in [6.07, 6.45) is 2.95. The number of benzene rings is 1. The average molecular weight is 285 g/mol. The average Bonchev–Trinajstić information content (AvgIpc) is 2.46. The fourth-order valence-electron chi connectivity index (χ4n) is 2.16. The van der Waals surface area contributed by atoms with Crippen molar-refractivity contribution in [2.45, 2.75) is 32.2 Å². The predicted molar refractivity (Wildman–Crippen MR) is 81.2 cm³/mol. The molecule has 0 fully saturated rings. The van der Waals surface area contributed by atoms with Gasteiger partial charge in [-0.25, -0.2) is 9.97 Å². The summed E-state index contributed by atoms with van der Waals surface area (Å²) >= 11 is 0. The van der Waals surface area contributed by atoms with Crippen molar-refractivity contribution in [1.82, 2.24) is 9.97 Å².